The van der Waals surface area contributed by atoms with Gasteiger partial charge in [-0.2, -0.15) is 0 Å². The Morgan fingerprint density at radius 3 is 2.56 bits per heavy atom. The molecule has 0 saturated heterocycles. The predicted molar refractivity (Wildman–Crippen MR) is 100 cm³/mol. The molecular formula is C21H26N2O2. The van der Waals surface area contributed by atoms with E-state index in [4.69, 9.17) is 9.47 Å². The molecule has 0 aliphatic carbocycles. The average Bonchev–Trinajstić information content (AvgIpc) is 2.65. The summed E-state index contributed by atoms with van der Waals surface area (Å²) < 4.78 is 11.5. The highest BCUT2D eigenvalue weighted by molar-refractivity contribution is 5.33. The van der Waals surface area contributed by atoms with E-state index in [9.17, 15) is 0 Å². The van der Waals surface area contributed by atoms with Gasteiger partial charge in [-0.3, -0.25) is 4.90 Å². The van der Waals surface area contributed by atoms with E-state index in [2.05, 4.69) is 22.0 Å². The van der Waals surface area contributed by atoms with Gasteiger partial charge in [0, 0.05) is 25.4 Å². The zero-order chi connectivity index (χ0) is 17.3. The highest BCUT2D eigenvalue weighted by Gasteiger charge is 2.05. The maximum absolute atomic E-state index is 5.81. The van der Waals surface area contributed by atoms with Crippen LogP contribution in [-0.4, -0.2) is 36.1 Å². The monoisotopic (exact) mass is 338 g/mol. The lowest BCUT2D eigenvalue weighted by Gasteiger charge is -2.22. The second-order valence-electron chi connectivity index (χ2n) is 6.36. The van der Waals surface area contributed by atoms with Crippen LogP contribution in [0.15, 0.2) is 54.7 Å². The van der Waals surface area contributed by atoms with Crippen LogP contribution in [0, 0.1) is 6.92 Å². The zero-order valence-electron chi connectivity index (χ0n) is 14.9. The molecule has 0 bridgehead atoms. The van der Waals surface area contributed by atoms with Crippen LogP contribution in [0.2, 0.25) is 0 Å². The van der Waals surface area contributed by atoms with Crippen LogP contribution in [0.4, 0.5) is 0 Å². The molecule has 0 N–H and O–H groups in total. The Morgan fingerprint density at radius 2 is 1.84 bits per heavy atom. The van der Waals surface area contributed by atoms with E-state index in [0.29, 0.717) is 5.88 Å². The lowest BCUT2D eigenvalue weighted by molar-refractivity contribution is 0.263. The number of aryl methyl sites for hydroxylation is 1. The fourth-order valence-corrected chi connectivity index (χ4v) is 2.76. The lowest BCUT2D eigenvalue weighted by Crippen LogP contribution is -2.28. The number of aromatic nitrogens is 1. The smallest absolute Gasteiger partial charge is 0.219 e. The van der Waals surface area contributed by atoms with Gasteiger partial charge in [-0.25, -0.2) is 4.98 Å². The van der Waals surface area contributed by atoms with Crippen molar-refractivity contribution in [2.75, 3.05) is 26.2 Å². The molecule has 0 saturated carbocycles. The van der Waals surface area contributed by atoms with Crippen LogP contribution in [0.1, 0.15) is 24.8 Å². The molecule has 1 aliphatic heterocycles. The van der Waals surface area contributed by atoms with Gasteiger partial charge in [-0.15, -0.1) is 0 Å². The first kappa shape index (κ1) is 17.5. The van der Waals surface area contributed by atoms with Gasteiger partial charge in [0.05, 0.1) is 6.61 Å². The third kappa shape index (κ3) is 5.91. The quantitative estimate of drug-likeness (QED) is 0.520. The summed E-state index contributed by atoms with van der Waals surface area (Å²) in [5.74, 6) is 2.25. The van der Waals surface area contributed by atoms with Crippen LogP contribution in [0.5, 0.6) is 17.4 Å². The third-order valence-electron chi connectivity index (χ3n) is 4.21. The van der Waals surface area contributed by atoms with E-state index in [1.807, 2.05) is 43.3 Å². The Morgan fingerprint density at radius 1 is 1.00 bits per heavy atom. The van der Waals surface area contributed by atoms with Crippen molar-refractivity contribution < 1.29 is 9.47 Å². The molecule has 0 amide bonds. The summed E-state index contributed by atoms with van der Waals surface area (Å²) in [6.07, 6.45) is 9.76. The number of ether oxygens (including phenoxy) is 2. The molecule has 0 fully saturated rings. The minimum atomic E-state index is 0.604. The first-order valence-electron chi connectivity index (χ1n) is 9.00. The Hall–Kier alpha value is -2.33. The van der Waals surface area contributed by atoms with Gasteiger partial charge in [0.15, 0.2) is 0 Å². The van der Waals surface area contributed by atoms with E-state index < -0.39 is 0 Å². The molecule has 0 spiro atoms. The lowest BCUT2D eigenvalue weighted by atomic mass is 10.2. The fraction of sp³-hybridized carbons (Fsp3) is 0.381. The minimum Gasteiger partial charge on any atom is -0.494 e. The second-order valence-corrected chi connectivity index (χ2v) is 6.36. The Labute approximate surface area is 150 Å². The molecule has 1 aromatic heterocycles. The van der Waals surface area contributed by atoms with Crippen molar-refractivity contribution >= 4 is 0 Å². The van der Waals surface area contributed by atoms with Gasteiger partial charge in [-0.1, -0.05) is 18.2 Å². The maximum Gasteiger partial charge on any atom is 0.219 e. The van der Waals surface area contributed by atoms with Crippen molar-refractivity contribution in [1.29, 1.82) is 0 Å². The zero-order valence-corrected chi connectivity index (χ0v) is 14.9. The number of hydrogen-bond donors (Lipinski definition) is 0. The Balaban J connectivity index is 1.36. The van der Waals surface area contributed by atoms with E-state index in [1.165, 1.54) is 19.4 Å². The third-order valence-corrected chi connectivity index (χ3v) is 4.21. The highest BCUT2D eigenvalue weighted by atomic mass is 16.5. The van der Waals surface area contributed by atoms with E-state index in [-0.39, 0.29) is 0 Å². The van der Waals surface area contributed by atoms with Gasteiger partial charge in [-0.05, 0) is 62.6 Å². The summed E-state index contributed by atoms with van der Waals surface area (Å²) in [6, 6.07) is 11.6. The molecule has 25 heavy (non-hydrogen) atoms. The van der Waals surface area contributed by atoms with Crippen molar-refractivity contribution in [3.05, 3.63) is 60.3 Å². The molecule has 3 rings (SSSR count). The molecule has 0 radical (unpaired) electrons. The summed E-state index contributed by atoms with van der Waals surface area (Å²) in [5.41, 5.74) is 1.12. The topological polar surface area (TPSA) is 34.6 Å². The van der Waals surface area contributed by atoms with Crippen LogP contribution in [-0.2, 0) is 0 Å². The standard InChI is InChI=1S/C21H26N2O2/c1-18-7-12-21(22-17-18)25-20-10-8-19(9-11-20)24-16-6-5-15-23-13-3-2-4-14-23/h2-3,7-12,17H,4-6,13-16H2,1H3. The summed E-state index contributed by atoms with van der Waals surface area (Å²) in [6.45, 7) is 6.20. The highest BCUT2D eigenvalue weighted by Crippen LogP contribution is 2.22. The van der Waals surface area contributed by atoms with Crippen LogP contribution >= 0.6 is 0 Å². The van der Waals surface area contributed by atoms with Crippen LogP contribution in [0.25, 0.3) is 0 Å². The second kappa shape index (κ2) is 9.23. The van der Waals surface area contributed by atoms with Crippen molar-refractivity contribution in [2.45, 2.75) is 26.2 Å². The SMILES string of the molecule is Cc1ccc(Oc2ccc(OCCCCN3CC=CCC3)cc2)nc1. The maximum atomic E-state index is 5.81. The molecule has 0 atom stereocenters. The number of rotatable bonds is 8. The minimum absolute atomic E-state index is 0.604. The molecule has 132 valence electrons. The molecule has 4 heteroatoms. The first-order valence-corrected chi connectivity index (χ1v) is 9.00. The normalized spacial score (nSPS) is 14.4. The summed E-state index contributed by atoms with van der Waals surface area (Å²) in [4.78, 5) is 6.73. The molecule has 1 aromatic carbocycles. The molecule has 2 aromatic rings. The van der Waals surface area contributed by atoms with E-state index >= 15 is 0 Å². The van der Waals surface area contributed by atoms with Crippen LogP contribution < -0.4 is 9.47 Å². The van der Waals surface area contributed by atoms with Gasteiger partial charge in [0.1, 0.15) is 11.5 Å². The Bertz CT molecular complexity index is 665. The number of unbranched alkanes of at least 4 members (excludes halogenated alkanes) is 1. The number of nitrogens with zero attached hydrogens (tertiary/aromatic N) is 2. The van der Waals surface area contributed by atoms with Crippen molar-refractivity contribution in [2.24, 2.45) is 0 Å². The first-order chi connectivity index (χ1) is 12.3. The van der Waals surface area contributed by atoms with Gasteiger partial charge in [0.25, 0.3) is 0 Å². The summed E-state index contributed by atoms with van der Waals surface area (Å²) >= 11 is 0. The van der Waals surface area contributed by atoms with Crippen molar-refractivity contribution in [3.63, 3.8) is 0 Å². The van der Waals surface area contributed by atoms with Gasteiger partial charge < -0.3 is 9.47 Å². The Kier molecular flexibility index (Phi) is 6.46. The predicted octanol–water partition coefficient (Wildman–Crippen LogP) is 4.60. The van der Waals surface area contributed by atoms with Crippen molar-refractivity contribution in [1.82, 2.24) is 9.88 Å². The molecule has 2 heterocycles. The van der Waals surface area contributed by atoms with Crippen molar-refractivity contribution in [3.8, 4) is 17.4 Å². The summed E-state index contributed by atoms with van der Waals surface area (Å²) in [7, 11) is 0. The van der Waals surface area contributed by atoms with E-state index in [0.717, 1.165) is 43.2 Å². The number of benzene rings is 1. The fourth-order valence-electron chi connectivity index (χ4n) is 2.76. The average molecular weight is 338 g/mol. The molecular weight excluding hydrogens is 312 g/mol. The van der Waals surface area contributed by atoms with Gasteiger partial charge in [0.2, 0.25) is 5.88 Å². The number of hydrogen-bond acceptors (Lipinski definition) is 4. The molecule has 0 unspecified atom stereocenters. The largest absolute Gasteiger partial charge is 0.494 e. The van der Waals surface area contributed by atoms with Gasteiger partial charge >= 0.3 is 0 Å². The molecule has 4 nitrogen and oxygen atoms in total. The number of pyridine rings is 1. The molecule has 1 aliphatic rings. The van der Waals surface area contributed by atoms with Crippen LogP contribution in [0.3, 0.4) is 0 Å². The summed E-state index contributed by atoms with van der Waals surface area (Å²) in [5, 5.41) is 0. The van der Waals surface area contributed by atoms with E-state index in [1.54, 1.807) is 6.20 Å².